The summed E-state index contributed by atoms with van der Waals surface area (Å²) in [5.74, 6) is 0.263. The largest absolute Gasteiger partial charge is 0.456 e. The van der Waals surface area contributed by atoms with Gasteiger partial charge in [0.25, 0.3) is 0 Å². The highest BCUT2D eigenvalue weighted by molar-refractivity contribution is 5.97. The number of hydrogen-bond donors (Lipinski definition) is 2. The molecule has 0 amide bonds. The first-order valence-corrected chi connectivity index (χ1v) is 13.1. The molecule has 6 rings (SSSR count). The number of ether oxygens (including phenoxy) is 2. The minimum absolute atomic E-state index is 0.0114. The van der Waals surface area contributed by atoms with Crippen molar-refractivity contribution in [1.29, 1.82) is 0 Å². The average molecular weight is 471 g/mol. The van der Waals surface area contributed by atoms with E-state index in [9.17, 15) is 19.8 Å². The van der Waals surface area contributed by atoms with Crippen LogP contribution < -0.4 is 0 Å². The van der Waals surface area contributed by atoms with Gasteiger partial charge < -0.3 is 19.7 Å². The molecule has 2 N–H and O–H groups in total. The summed E-state index contributed by atoms with van der Waals surface area (Å²) in [5, 5.41) is 23.6. The Labute approximate surface area is 201 Å². The van der Waals surface area contributed by atoms with E-state index in [1.807, 2.05) is 26.8 Å². The second-order valence-corrected chi connectivity index (χ2v) is 12.8. The minimum Gasteiger partial charge on any atom is -0.456 e. The van der Waals surface area contributed by atoms with Crippen LogP contribution in [0.15, 0.2) is 23.3 Å². The predicted molar refractivity (Wildman–Crippen MR) is 125 cm³/mol. The Morgan fingerprint density at radius 1 is 1.12 bits per heavy atom. The molecular formula is C28H38O6. The lowest BCUT2D eigenvalue weighted by Crippen LogP contribution is -2.67. The fraction of sp³-hybridized carbons (Fsp3) is 0.786. The summed E-state index contributed by atoms with van der Waals surface area (Å²) < 4.78 is 12.0. The first kappa shape index (κ1) is 22.9. The molecule has 34 heavy (non-hydrogen) atoms. The van der Waals surface area contributed by atoms with Crippen LogP contribution >= 0.6 is 0 Å². The highest BCUT2D eigenvalue weighted by Crippen LogP contribution is 2.72. The third-order valence-electron chi connectivity index (χ3n) is 11.6. The number of fused-ring (bicyclic) bond motifs is 8. The van der Waals surface area contributed by atoms with Crippen molar-refractivity contribution >= 4 is 11.8 Å². The molecule has 3 unspecified atom stereocenters. The van der Waals surface area contributed by atoms with Crippen molar-refractivity contribution in [3.8, 4) is 0 Å². The molecule has 1 saturated heterocycles. The predicted octanol–water partition coefficient (Wildman–Crippen LogP) is 3.50. The standard InChI is InChI=1S/C28H38O6/c1-14-13-20(33-24(30)15(14)2)27(5,31)18-9-8-16-21-17(10-12-25(16,18)3)26(4)19(29)7-6-11-28(26,32)23-22(21)34-23/h6-7,16-18,20-23,31-32H,8-13H2,1-5H3/t16?,17?,18-,20+,21?,22-,23-,25-,26-,27+,28-/m0/s1. The quantitative estimate of drug-likeness (QED) is 0.474. The van der Waals surface area contributed by atoms with Crippen molar-refractivity contribution in [2.45, 2.75) is 103 Å². The zero-order chi connectivity index (χ0) is 24.4. The maximum atomic E-state index is 13.3. The molecule has 2 aliphatic heterocycles. The number of esters is 1. The maximum Gasteiger partial charge on any atom is 0.334 e. The molecule has 186 valence electrons. The molecule has 0 spiro atoms. The van der Waals surface area contributed by atoms with Crippen LogP contribution in [-0.2, 0) is 19.1 Å². The van der Waals surface area contributed by atoms with Crippen molar-refractivity contribution in [2.75, 3.05) is 0 Å². The van der Waals surface area contributed by atoms with Crippen LogP contribution in [0.2, 0.25) is 0 Å². The van der Waals surface area contributed by atoms with E-state index >= 15 is 0 Å². The lowest BCUT2D eigenvalue weighted by Gasteiger charge is -2.60. The number of aliphatic hydroxyl groups is 2. The molecule has 4 fully saturated rings. The number of epoxide rings is 1. The summed E-state index contributed by atoms with van der Waals surface area (Å²) in [7, 11) is 0. The Hall–Kier alpha value is -1.50. The normalized spacial score (nSPS) is 53.3. The molecule has 6 aliphatic rings. The van der Waals surface area contributed by atoms with E-state index in [0.717, 1.165) is 31.3 Å². The summed E-state index contributed by atoms with van der Waals surface area (Å²) in [5.41, 5.74) is -1.60. The van der Waals surface area contributed by atoms with Crippen LogP contribution in [0, 0.1) is 34.5 Å². The third-order valence-corrected chi connectivity index (χ3v) is 11.6. The van der Waals surface area contributed by atoms with Crippen molar-refractivity contribution in [1.82, 2.24) is 0 Å². The molecule has 0 aromatic carbocycles. The Morgan fingerprint density at radius 3 is 2.56 bits per heavy atom. The monoisotopic (exact) mass is 470 g/mol. The van der Waals surface area contributed by atoms with E-state index in [1.165, 1.54) is 0 Å². The number of allylic oxidation sites excluding steroid dienone is 1. The zero-order valence-electron chi connectivity index (χ0n) is 21.0. The average Bonchev–Trinajstić information content (AvgIpc) is 3.49. The summed E-state index contributed by atoms with van der Waals surface area (Å²) >= 11 is 0. The van der Waals surface area contributed by atoms with Crippen LogP contribution in [0.1, 0.15) is 73.1 Å². The highest BCUT2D eigenvalue weighted by Gasteiger charge is 2.78. The maximum absolute atomic E-state index is 13.3. The lowest BCUT2D eigenvalue weighted by molar-refractivity contribution is -0.195. The van der Waals surface area contributed by atoms with E-state index < -0.39 is 22.7 Å². The molecule has 0 radical (unpaired) electrons. The van der Waals surface area contributed by atoms with E-state index in [-0.39, 0.29) is 47.1 Å². The van der Waals surface area contributed by atoms with Gasteiger partial charge >= 0.3 is 5.97 Å². The van der Waals surface area contributed by atoms with Gasteiger partial charge in [-0.25, -0.2) is 4.79 Å². The van der Waals surface area contributed by atoms with Gasteiger partial charge in [0.2, 0.25) is 0 Å². The first-order chi connectivity index (χ1) is 15.9. The van der Waals surface area contributed by atoms with Crippen LogP contribution in [0.25, 0.3) is 0 Å². The van der Waals surface area contributed by atoms with Gasteiger partial charge in [0, 0.05) is 12.0 Å². The molecule has 6 nitrogen and oxygen atoms in total. The fourth-order valence-electron chi connectivity index (χ4n) is 9.36. The van der Waals surface area contributed by atoms with Crippen molar-refractivity contribution in [3.63, 3.8) is 0 Å². The number of carbonyl (C=O) groups is 2. The number of rotatable bonds is 2. The fourth-order valence-corrected chi connectivity index (χ4v) is 9.36. The number of cyclic esters (lactones) is 1. The topological polar surface area (TPSA) is 96.4 Å². The molecule has 0 aromatic rings. The van der Waals surface area contributed by atoms with Crippen LogP contribution in [0.5, 0.6) is 0 Å². The van der Waals surface area contributed by atoms with Gasteiger partial charge in [-0.15, -0.1) is 0 Å². The number of ketones is 1. The summed E-state index contributed by atoms with van der Waals surface area (Å²) in [4.78, 5) is 25.7. The van der Waals surface area contributed by atoms with Gasteiger partial charge in [-0.2, -0.15) is 0 Å². The van der Waals surface area contributed by atoms with Gasteiger partial charge in [0.15, 0.2) is 5.78 Å². The molecule has 0 aromatic heterocycles. The van der Waals surface area contributed by atoms with Crippen molar-refractivity contribution < 1.29 is 29.3 Å². The highest BCUT2D eigenvalue weighted by atomic mass is 16.6. The van der Waals surface area contributed by atoms with E-state index in [1.54, 1.807) is 13.0 Å². The third kappa shape index (κ3) is 2.58. The molecule has 0 bridgehead atoms. The van der Waals surface area contributed by atoms with Crippen molar-refractivity contribution in [3.05, 3.63) is 23.3 Å². The molecule has 4 aliphatic carbocycles. The number of hydrogen-bond acceptors (Lipinski definition) is 6. The zero-order valence-corrected chi connectivity index (χ0v) is 21.0. The molecule has 3 saturated carbocycles. The van der Waals surface area contributed by atoms with E-state index in [2.05, 4.69) is 6.92 Å². The van der Waals surface area contributed by atoms with Gasteiger partial charge in [-0.05, 0) is 95.0 Å². The number of carbonyl (C=O) groups excluding carboxylic acids is 2. The Kier molecular flexibility index (Phi) is 4.61. The second-order valence-electron chi connectivity index (χ2n) is 12.8. The van der Waals surface area contributed by atoms with Gasteiger partial charge in [-0.1, -0.05) is 18.6 Å². The molecule has 6 heteroatoms. The van der Waals surface area contributed by atoms with E-state index in [0.29, 0.717) is 24.3 Å². The Morgan fingerprint density at radius 2 is 1.85 bits per heavy atom. The molecule has 2 heterocycles. The Bertz CT molecular complexity index is 1030. The lowest BCUT2D eigenvalue weighted by atomic mass is 9.43. The summed E-state index contributed by atoms with van der Waals surface area (Å²) in [6.45, 7) is 9.86. The van der Waals surface area contributed by atoms with Crippen molar-refractivity contribution in [2.24, 2.45) is 34.5 Å². The molecular weight excluding hydrogens is 432 g/mol. The summed E-state index contributed by atoms with van der Waals surface area (Å²) in [6.07, 6.45) is 7.18. The summed E-state index contributed by atoms with van der Waals surface area (Å²) in [6, 6.07) is 0. The van der Waals surface area contributed by atoms with Crippen LogP contribution in [0.3, 0.4) is 0 Å². The van der Waals surface area contributed by atoms with Gasteiger partial charge in [0.05, 0.1) is 11.5 Å². The minimum atomic E-state index is -1.14. The smallest absolute Gasteiger partial charge is 0.334 e. The Balaban J connectivity index is 1.33. The van der Waals surface area contributed by atoms with Crippen LogP contribution in [0.4, 0.5) is 0 Å². The second kappa shape index (κ2) is 6.83. The van der Waals surface area contributed by atoms with Gasteiger partial charge in [-0.3, -0.25) is 4.79 Å². The molecule has 11 atom stereocenters. The van der Waals surface area contributed by atoms with Gasteiger partial charge in [0.1, 0.15) is 23.4 Å². The first-order valence-electron chi connectivity index (χ1n) is 13.1. The van der Waals surface area contributed by atoms with E-state index in [4.69, 9.17) is 9.47 Å². The SMILES string of the molecule is CC1=C(C)C(=O)O[C@@H]([C@](C)(O)[C@H]2CCC3C4C(CC[C@@]32C)[C@@]2(C)C(=O)C=CC[C@]2(O)[C@H]2O[C@@H]42)C1. The van der Waals surface area contributed by atoms with Crippen LogP contribution in [-0.4, -0.2) is 51.5 Å².